The highest BCUT2D eigenvalue weighted by molar-refractivity contribution is 5.52. The minimum Gasteiger partial charge on any atom is -0.290 e. The second-order valence-electron chi connectivity index (χ2n) is 0.840. The predicted octanol–water partition coefficient (Wildman–Crippen LogP) is 0.00635. The minimum atomic E-state index is 0.944. The van der Waals surface area contributed by atoms with E-state index in [1.54, 1.807) is 6.19 Å². The van der Waals surface area contributed by atoms with Gasteiger partial charge in [-0.25, -0.2) is 0 Å². The first-order chi connectivity index (χ1) is 2.81. The molecule has 0 bridgehead atoms. The van der Waals surface area contributed by atoms with Crippen molar-refractivity contribution in [3.05, 3.63) is 0 Å². The van der Waals surface area contributed by atoms with Crippen LogP contribution in [0.2, 0.25) is 0 Å². The quantitative estimate of drug-likeness (QED) is 0.210. The summed E-state index contributed by atoms with van der Waals surface area (Å²) in [5.41, 5.74) is 0. The van der Waals surface area contributed by atoms with Gasteiger partial charge in [-0.3, -0.25) is 10.3 Å². The van der Waals surface area contributed by atoms with Crippen LogP contribution >= 0.6 is 0 Å². The van der Waals surface area contributed by atoms with E-state index in [2.05, 4.69) is 0 Å². The number of nitriles is 1. The largest absolute Gasteiger partial charge is 0.290 e. The fraction of sp³-hybridized carbons (Fsp3) is 0.333. The number of rotatable bonds is 1. The third-order valence-corrected chi connectivity index (χ3v) is 0.351. The normalized spacial score (nSPS) is 6.00. The van der Waals surface area contributed by atoms with Crippen molar-refractivity contribution in [3.8, 4) is 6.19 Å². The average Bonchev–Trinajstić information content (AvgIpc) is 1.65. The molecule has 0 aromatic rings. The molecule has 0 aromatic heterocycles. The Hall–Kier alpha value is -1.04. The SMILES string of the molecule is CN(C#N)C=N. The molecule has 3 heteroatoms. The van der Waals surface area contributed by atoms with E-state index in [0.29, 0.717) is 0 Å². The highest BCUT2D eigenvalue weighted by Crippen LogP contribution is 1.60. The first-order valence-corrected chi connectivity index (χ1v) is 1.44. The van der Waals surface area contributed by atoms with E-state index in [-0.39, 0.29) is 0 Å². The number of nitrogens with zero attached hydrogens (tertiary/aromatic N) is 2. The molecule has 0 aliphatic rings. The molecule has 0 atom stereocenters. The summed E-state index contributed by atoms with van der Waals surface area (Å²) in [5, 5.41) is 14.2. The minimum absolute atomic E-state index is 0.944. The number of hydrogen-bond donors (Lipinski definition) is 1. The molecule has 0 heterocycles. The van der Waals surface area contributed by atoms with E-state index in [0.717, 1.165) is 11.2 Å². The highest BCUT2D eigenvalue weighted by Gasteiger charge is 1.75. The summed E-state index contributed by atoms with van der Waals surface area (Å²) in [5.74, 6) is 0. The first-order valence-electron chi connectivity index (χ1n) is 1.44. The van der Waals surface area contributed by atoms with E-state index in [1.807, 2.05) is 0 Å². The zero-order valence-electron chi connectivity index (χ0n) is 3.47. The lowest BCUT2D eigenvalue weighted by atomic mass is 10.9. The first kappa shape index (κ1) is 4.96. The Bertz CT molecular complexity index is 80.5. The van der Waals surface area contributed by atoms with Gasteiger partial charge in [0.05, 0.1) is 6.34 Å². The topological polar surface area (TPSA) is 50.9 Å². The number of hydrogen-bond acceptors (Lipinski definition) is 2. The lowest BCUT2D eigenvalue weighted by Gasteiger charge is -1.91. The molecule has 1 N–H and O–H groups in total. The lowest BCUT2D eigenvalue weighted by molar-refractivity contribution is 0.728. The molecule has 0 spiro atoms. The van der Waals surface area contributed by atoms with Gasteiger partial charge in [0.15, 0.2) is 6.19 Å². The van der Waals surface area contributed by atoms with Gasteiger partial charge in [-0.1, -0.05) is 0 Å². The van der Waals surface area contributed by atoms with Crippen LogP contribution in [-0.4, -0.2) is 18.3 Å². The van der Waals surface area contributed by atoms with Gasteiger partial charge >= 0.3 is 0 Å². The van der Waals surface area contributed by atoms with Crippen LogP contribution in [0.4, 0.5) is 0 Å². The van der Waals surface area contributed by atoms with Gasteiger partial charge in [-0.05, 0) is 0 Å². The molecule has 0 rings (SSSR count). The standard InChI is InChI=1S/C3H5N3/c1-6(2-4)3-5/h2,4H,1H3. The molecule has 0 amide bonds. The Morgan fingerprint density at radius 2 is 2.50 bits per heavy atom. The third-order valence-electron chi connectivity index (χ3n) is 0.351. The van der Waals surface area contributed by atoms with E-state index in [1.165, 1.54) is 7.05 Å². The van der Waals surface area contributed by atoms with E-state index < -0.39 is 0 Å². The van der Waals surface area contributed by atoms with Gasteiger partial charge in [-0.2, -0.15) is 5.26 Å². The zero-order chi connectivity index (χ0) is 4.99. The molecule has 0 aromatic carbocycles. The molecular weight excluding hydrogens is 78.1 g/mol. The van der Waals surface area contributed by atoms with Gasteiger partial charge in [0.2, 0.25) is 0 Å². The predicted molar refractivity (Wildman–Crippen MR) is 22.2 cm³/mol. The fourth-order valence-corrected chi connectivity index (χ4v) is 0.0289. The zero-order valence-corrected chi connectivity index (χ0v) is 3.47. The average molecular weight is 83.1 g/mol. The lowest BCUT2D eigenvalue weighted by Crippen LogP contribution is -2.04. The smallest absolute Gasteiger partial charge is 0.184 e. The van der Waals surface area contributed by atoms with E-state index in [9.17, 15) is 0 Å². The van der Waals surface area contributed by atoms with Crippen molar-refractivity contribution in [3.63, 3.8) is 0 Å². The molecule has 0 saturated heterocycles. The Kier molecular flexibility index (Phi) is 1.83. The van der Waals surface area contributed by atoms with E-state index >= 15 is 0 Å². The Balaban J connectivity index is 3.30. The van der Waals surface area contributed by atoms with Crippen molar-refractivity contribution in [1.29, 1.82) is 10.7 Å². The Morgan fingerprint density at radius 3 is 2.50 bits per heavy atom. The van der Waals surface area contributed by atoms with Crippen molar-refractivity contribution >= 4 is 6.34 Å². The molecule has 0 unspecified atom stereocenters. The van der Waals surface area contributed by atoms with Crippen molar-refractivity contribution in [2.45, 2.75) is 0 Å². The second-order valence-corrected chi connectivity index (χ2v) is 0.840. The molecule has 6 heavy (non-hydrogen) atoms. The monoisotopic (exact) mass is 83.0 g/mol. The van der Waals surface area contributed by atoms with Gasteiger partial charge in [-0.15, -0.1) is 0 Å². The molecule has 0 radical (unpaired) electrons. The molecule has 0 aliphatic heterocycles. The molecule has 0 saturated carbocycles. The maximum Gasteiger partial charge on any atom is 0.184 e. The van der Waals surface area contributed by atoms with Crippen LogP contribution in [0.5, 0.6) is 0 Å². The van der Waals surface area contributed by atoms with Crippen LogP contribution < -0.4 is 0 Å². The maximum absolute atomic E-state index is 7.86. The summed E-state index contributed by atoms with van der Waals surface area (Å²) in [6, 6.07) is 0. The van der Waals surface area contributed by atoms with Crippen LogP contribution in [0.1, 0.15) is 0 Å². The van der Waals surface area contributed by atoms with Gasteiger partial charge in [0.25, 0.3) is 0 Å². The maximum atomic E-state index is 7.86. The molecule has 0 fully saturated rings. The Labute approximate surface area is 36.3 Å². The molecule has 3 nitrogen and oxygen atoms in total. The number of nitrogens with one attached hydrogen (secondary N) is 1. The van der Waals surface area contributed by atoms with Crippen molar-refractivity contribution < 1.29 is 0 Å². The summed E-state index contributed by atoms with van der Waals surface area (Å²) in [6.45, 7) is 0. The van der Waals surface area contributed by atoms with Crippen LogP contribution in [0.3, 0.4) is 0 Å². The summed E-state index contributed by atoms with van der Waals surface area (Å²) < 4.78 is 0. The summed E-state index contributed by atoms with van der Waals surface area (Å²) >= 11 is 0. The van der Waals surface area contributed by atoms with E-state index in [4.69, 9.17) is 10.7 Å². The molecule has 0 aliphatic carbocycles. The van der Waals surface area contributed by atoms with Crippen molar-refractivity contribution in [2.24, 2.45) is 0 Å². The second kappa shape index (κ2) is 2.21. The van der Waals surface area contributed by atoms with Crippen molar-refractivity contribution in [1.82, 2.24) is 4.90 Å². The summed E-state index contributed by atoms with van der Waals surface area (Å²) in [7, 11) is 1.51. The summed E-state index contributed by atoms with van der Waals surface area (Å²) in [6.07, 6.45) is 2.65. The van der Waals surface area contributed by atoms with Crippen LogP contribution in [0.25, 0.3) is 0 Å². The third kappa shape index (κ3) is 1.30. The fourth-order valence-electron chi connectivity index (χ4n) is 0.0289. The molecular formula is C3H5N3. The van der Waals surface area contributed by atoms with Crippen LogP contribution in [-0.2, 0) is 0 Å². The molecule has 32 valence electrons. The Morgan fingerprint density at radius 1 is 2.00 bits per heavy atom. The van der Waals surface area contributed by atoms with Gasteiger partial charge in [0.1, 0.15) is 0 Å². The highest BCUT2D eigenvalue weighted by atomic mass is 15.1. The van der Waals surface area contributed by atoms with Crippen molar-refractivity contribution in [2.75, 3.05) is 7.05 Å². The van der Waals surface area contributed by atoms with Crippen LogP contribution in [0.15, 0.2) is 0 Å². The van der Waals surface area contributed by atoms with Gasteiger partial charge < -0.3 is 0 Å². The van der Waals surface area contributed by atoms with Crippen LogP contribution in [0, 0.1) is 16.9 Å². The summed E-state index contributed by atoms with van der Waals surface area (Å²) in [4.78, 5) is 1.10. The van der Waals surface area contributed by atoms with Gasteiger partial charge in [0, 0.05) is 7.05 Å².